The molecule has 0 aromatic carbocycles. The number of carboxylic acids is 1. The van der Waals surface area contributed by atoms with E-state index in [0.717, 1.165) is 19.3 Å². The summed E-state index contributed by atoms with van der Waals surface area (Å²) in [4.78, 5) is 23.8. The van der Waals surface area contributed by atoms with Crippen LogP contribution in [0.1, 0.15) is 66.2 Å². The highest BCUT2D eigenvalue weighted by molar-refractivity contribution is 5.85. The quantitative estimate of drug-likeness (QED) is 0.818. The van der Waals surface area contributed by atoms with Crippen LogP contribution >= 0.6 is 0 Å². The van der Waals surface area contributed by atoms with Gasteiger partial charge in [0.05, 0.1) is 5.41 Å². The first kappa shape index (κ1) is 16.3. The molecule has 2 saturated carbocycles. The van der Waals surface area contributed by atoms with Gasteiger partial charge in [-0.1, -0.05) is 47.0 Å². The normalized spacial score (nSPS) is 26.1. The summed E-state index contributed by atoms with van der Waals surface area (Å²) in [6.45, 7) is 9.56. The van der Waals surface area contributed by atoms with Gasteiger partial charge in [0, 0.05) is 13.0 Å². The summed E-state index contributed by atoms with van der Waals surface area (Å²) < 4.78 is 0. The van der Waals surface area contributed by atoms with E-state index in [9.17, 15) is 14.7 Å². The smallest absolute Gasteiger partial charge is 0.310 e. The first-order valence-electron chi connectivity index (χ1n) is 8.14. The molecule has 0 spiro atoms. The van der Waals surface area contributed by atoms with Crippen molar-refractivity contribution in [3.8, 4) is 0 Å². The van der Waals surface area contributed by atoms with Crippen molar-refractivity contribution in [2.24, 2.45) is 22.2 Å². The Bertz CT molecular complexity index is 419. The molecule has 0 bridgehead atoms. The van der Waals surface area contributed by atoms with Crippen LogP contribution in [-0.2, 0) is 9.59 Å². The first-order chi connectivity index (χ1) is 9.63. The average molecular weight is 295 g/mol. The molecule has 0 atom stereocenters. The van der Waals surface area contributed by atoms with E-state index in [0.29, 0.717) is 25.3 Å². The lowest BCUT2D eigenvalue weighted by Gasteiger charge is -2.32. The molecule has 1 amide bonds. The van der Waals surface area contributed by atoms with Crippen LogP contribution in [0.2, 0.25) is 0 Å². The van der Waals surface area contributed by atoms with Crippen molar-refractivity contribution in [1.82, 2.24) is 5.32 Å². The molecule has 0 saturated heterocycles. The maximum Gasteiger partial charge on any atom is 0.310 e. The third-order valence-electron chi connectivity index (χ3n) is 6.59. The van der Waals surface area contributed by atoms with Gasteiger partial charge < -0.3 is 10.4 Å². The van der Waals surface area contributed by atoms with Gasteiger partial charge in [0.25, 0.3) is 0 Å². The number of carbonyl (C=O) groups is 2. The van der Waals surface area contributed by atoms with Crippen LogP contribution in [0.5, 0.6) is 0 Å². The monoisotopic (exact) mass is 295 g/mol. The number of hydrogen-bond donors (Lipinski definition) is 2. The number of hydrogen-bond acceptors (Lipinski definition) is 2. The summed E-state index contributed by atoms with van der Waals surface area (Å²) in [5.74, 6) is -0.427. The Kier molecular flexibility index (Phi) is 4.11. The van der Waals surface area contributed by atoms with Crippen molar-refractivity contribution in [3.05, 3.63) is 0 Å². The highest BCUT2D eigenvalue weighted by Gasteiger charge is 2.64. The molecule has 21 heavy (non-hydrogen) atoms. The SMILES string of the molecule is CC1(C)C(CNC(=O)CC2(C(=O)O)CCCCC2)C1(C)C. The standard InChI is InChI=1S/C17H29NO3/c1-15(2)12(16(15,3)4)11-18-13(19)10-17(14(20)21)8-6-5-7-9-17/h12H,5-11H2,1-4H3,(H,18,19)(H,20,21). The highest BCUT2D eigenvalue weighted by Crippen LogP contribution is 2.67. The maximum atomic E-state index is 12.2. The minimum absolute atomic E-state index is 0.0993. The van der Waals surface area contributed by atoms with E-state index in [2.05, 4.69) is 33.0 Å². The number of amides is 1. The minimum Gasteiger partial charge on any atom is -0.481 e. The van der Waals surface area contributed by atoms with E-state index in [1.54, 1.807) is 0 Å². The van der Waals surface area contributed by atoms with E-state index < -0.39 is 11.4 Å². The molecule has 2 N–H and O–H groups in total. The lowest BCUT2D eigenvalue weighted by Crippen LogP contribution is -2.39. The van der Waals surface area contributed by atoms with Crippen LogP contribution in [0.15, 0.2) is 0 Å². The van der Waals surface area contributed by atoms with Crippen molar-refractivity contribution in [2.45, 2.75) is 66.2 Å². The zero-order valence-corrected chi connectivity index (χ0v) is 13.8. The van der Waals surface area contributed by atoms with Gasteiger partial charge in [0.2, 0.25) is 5.91 Å². The fraction of sp³-hybridized carbons (Fsp3) is 0.882. The van der Waals surface area contributed by atoms with E-state index >= 15 is 0 Å². The molecule has 0 aromatic heterocycles. The van der Waals surface area contributed by atoms with Crippen LogP contribution in [0.3, 0.4) is 0 Å². The van der Waals surface area contributed by atoms with E-state index in [1.165, 1.54) is 0 Å². The van der Waals surface area contributed by atoms with Gasteiger partial charge in [-0.15, -0.1) is 0 Å². The van der Waals surface area contributed by atoms with Gasteiger partial charge in [0.1, 0.15) is 0 Å². The van der Waals surface area contributed by atoms with Crippen molar-refractivity contribution in [1.29, 1.82) is 0 Å². The number of carboxylic acid groups (broad SMARTS) is 1. The summed E-state index contributed by atoms with van der Waals surface area (Å²) in [7, 11) is 0. The van der Waals surface area contributed by atoms with E-state index in [1.807, 2.05) is 0 Å². The number of rotatable bonds is 5. The van der Waals surface area contributed by atoms with E-state index in [4.69, 9.17) is 0 Å². The third-order valence-corrected chi connectivity index (χ3v) is 6.59. The van der Waals surface area contributed by atoms with Gasteiger partial charge in [-0.05, 0) is 29.6 Å². The Hall–Kier alpha value is -1.06. The molecule has 0 heterocycles. The van der Waals surface area contributed by atoms with Gasteiger partial charge >= 0.3 is 5.97 Å². The first-order valence-corrected chi connectivity index (χ1v) is 8.14. The molecule has 2 fully saturated rings. The second kappa shape index (κ2) is 5.29. The van der Waals surface area contributed by atoms with Gasteiger partial charge in [-0.3, -0.25) is 9.59 Å². The Morgan fingerprint density at radius 2 is 1.57 bits per heavy atom. The van der Waals surface area contributed by atoms with E-state index in [-0.39, 0.29) is 23.2 Å². The Morgan fingerprint density at radius 3 is 2.00 bits per heavy atom. The average Bonchev–Trinajstić information content (AvgIpc) is 2.78. The van der Waals surface area contributed by atoms with Gasteiger partial charge in [0.15, 0.2) is 0 Å². The summed E-state index contributed by atoms with van der Waals surface area (Å²) in [5.41, 5.74) is -0.331. The van der Waals surface area contributed by atoms with Gasteiger partial charge in [-0.25, -0.2) is 0 Å². The molecule has 120 valence electrons. The summed E-state index contributed by atoms with van der Waals surface area (Å²) in [6, 6.07) is 0. The van der Waals surface area contributed by atoms with Crippen molar-refractivity contribution in [2.75, 3.05) is 6.54 Å². The fourth-order valence-corrected chi connectivity index (χ4v) is 4.12. The Balaban J connectivity index is 1.88. The fourth-order valence-electron chi connectivity index (χ4n) is 4.12. The predicted octanol–water partition coefficient (Wildman–Crippen LogP) is 3.21. The maximum absolute atomic E-state index is 12.2. The largest absolute Gasteiger partial charge is 0.481 e. The highest BCUT2D eigenvalue weighted by atomic mass is 16.4. The van der Waals surface area contributed by atoms with Crippen LogP contribution in [0, 0.1) is 22.2 Å². The molecule has 4 heteroatoms. The number of carbonyl (C=O) groups excluding carboxylic acids is 1. The molecule has 2 rings (SSSR count). The molecule has 0 radical (unpaired) electrons. The second-order valence-corrected chi connectivity index (χ2v) is 8.12. The molecule has 0 aliphatic heterocycles. The molecule has 2 aliphatic carbocycles. The van der Waals surface area contributed by atoms with Crippen molar-refractivity contribution in [3.63, 3.8) is 0 Å². The van der Waals surface area contributed by atoms with Gasteiger partial charge in [-0.2, -0.15) is 0 Å². The second-order valence-electron chi connectivity index (χ2n) is 8.12. The molecular weight excluding hydrogens is 266 g/mol. The zero-order valence-electron chi connectivity index (χ0n) is 13.8. The summed E-state index contributed by atoms with van der Waals surface area (Å²) >= 11 is 0. The minimum atomic E-state index is -0.822. The van der Waals surface area contributed by atoms with Crippen LogP contribution in [-0.4, -0.2) is 23.5 Å². The summed E-state index contributed by atoms with van der Waals surface area (Å²) in [6.07, 6.45) is 4.33. The molecular formula is C17H29NO3. The Labute approximate surface area is 127 Å². The predicted molar refractivity (Wildman–Crippen MR) is 81.8 cm³/mol. The van der Waals surface area contributed by atoms with Crippen LogP contribution < -0.4 is 5.32 Å². The zero-order chi connectivity index (χ0) is 15.9. The molecule has 4 nitrogen and oxygen atoms in total. The molecule has 0 unspecified atom stereocenters. The summed E-state index contributed by atoms with van der Waals surface area (Å²) in [5, 5.41) is 12.5. The molecule has 0 aromatic rings. The topological polar surface area (TPSA) is 66.4 Å². The number of nitrogens with one attached hydrogen (secondary N) is 1. The van der Waals surface area contributed by atoms with Crippen LogP contribution in [0.4, 0.5) is 0 Å². The molecule has 2 aliphatic rings. The third kappa shape index (κ3) is 2.82. The Morgan fingerprint density at radius 1 is 1.05 bits per heavy atom. The van der Waals surface area contributed by atoms with Crippen molar-refractivity contribution >= 4 is 11.9 Å². The van der Waals surface area contributed by atoms with Crippen LogP contribution in [0.25, 0.3) is 0 Å². The lowest BCUT2D eigenvalue weighted by atomic mass is 9.71. The lowest BCUT2D eigenvalue weighted by molar-refractivity contribution is -0.154. The van der Waals surface area contributed by atoms with Crippen molar-refractivity contribution < 1.29 is 14.7 Å². The number of aliphatic carboxylic acids is 1.